The first-order valence-corrected chi connectivity index (χ1v) is 9.19. The number of hydrogen-bond acceptors (Lipinski definition) is 7. The van der Waals surface area contributed by atoms with Crippen molar-refractivity contribution in [2.24, 2.45) is 4.99 Å². The van der Waals surface area contributed by atoms with Crippen LogP contribution in [0.4, 0.5) is 0 Å². The Hall–Kier alpha value is -0.340. The van der Waals surface area contributed by atoms with Crippen LogP contribution in [0.15, 0.2) is 4.99 Å². The van der Waals surface area contributed by atoms with Gasteiger partial charge in [0.1, 0.15) is 29.8 Å². The second-order valence-electron chi connectivity index (χ2n) is 6.37. The molecular formula is C15H26N2O4S. The summed E-state index contributed by atoms with van der Waals surface area (Å²) in [6, 6.07) is -0.440. The molecule has 0 amide bonds. The number of thioether (sulfide) groups is 1. The average molecular weight is 330 g/mol. The predicted octanol–water partition coefficient (Wildman–Crippen LogP) is 0.551. The number of unbranched alkanes of at least 4 members (excludes halogenated alkanes) is 1. The number of fused-ring (bicyclic) bond motifs is 1. The molecule has 0 aromatic heterocycles. The van der Waals surface area contributed by atoms with Crippen LogP contribution in [-0.2, 0) is 4.74 Å². The van der Waals surface area contributed by atoms with E-state index in [9.17, 15) is 15.3 Å². The van der Waals surface area contributed by atoms with E-state index in [1.807, 2.05) is 0 Å². The SMILES string of the molecule is CCCC[C@H](O)[C@H]1O[C@@H]2SC(N3CCCC3)=N[C@@H]2[C@@H](O)[C@@H]1O. The van der Waals surface area contributed by atoms with Gasteiger partial charge in [-0.2, -0.15) is 0 Å². The van der Waals surface area contributed by atoms with E-state index in [2.05, 4.69) is 16.8 Å². The molecule has 3 aliphatic rings. The highest BCUT2D eigenvalue weighted by atomic mass is 32.2. The number of aliphatic hydroxyl groups is 3. The van der Waals surface area contributed by atoms with Crippen molar-refractivity contribution in [3.05, 3.63) is 0 Å². The highest BCUT2D eigenvalue weighted by Gasteiger charge is 2.50. The number of nitrogens with zero attached hydrogens (tertiary/aromatic N) is 2. The largest absolute Gasteiger partial charge is 0.390 e. The van der Waals surface area contributed by atoms with Crippen LogP contribution in [0.25, 0.3) is 0 Å². The summed E-state index contributed by atoms with van der Waals surface area (Å²) in [4.78, 5) is 6.78. The molecule has 7 heteroatoms. The minimum Gasteiger partial charge on any atom is -0.390 e. The van der Waals surface area contributed by atoms with E-state index < -0.39 is 30.5 Å². The summed E-state index contributed by atoms with van der Waals surface area (Å²) < 4.78 is 5.90. The number of amidine groups is 1. The molecule has 2 fully saturated rings. The van der Waals surface area contributed by atoms with Crippen LogP contribution in [0.1, 0.15) is 39.0 Å². The van der Waals surface area contributed by atoms with Crippen LogP contribution in [0.5, 0.6) is 0 Å². The maximum Gasteiger partial charge on any atom is 0.162 e. The Balaban J connectivity index is 1.66. The maximum atomic E-state index is 10.4. The molecule has 0 aromatic rings. The second kappa shape index (κ2) is 7.05. The quantitative estimate of drug-likeness (QED) is 0.698. The number of likely N-dealkylation sites (tertiary alicyclic amines) is 1. The lowest BCUT2D eigenvalue weighted by Crippen LogP contribution is -2.58. The summed E-state index contributed by atoms with van der Waals surface area (Å²) in [5.74, 6) is 0. The third kappa shape index (κ3) is 3.14. The summed E-state index contributed by atoms with van der Waals surface area (Å²) in [5, 5.41) is 31.8. The lowest BCUT2D eigenvalue weighted by Gasteiger charge is -2.40. The number of aliphatic imine (C=N–C) groups is 1. The molecule has 0 bridgehead atoms. The molecule has 22 heavy (non-hydrogen) atoms. The van der Waals surface area contributed by atoms with Gasteiger partial charge in [0, 0.05) is 13.1 Å². The number of ether oxygens (including phenoxy) is 1. The molecule has 0 aliphatic carbocycles. The molecule has 0 aromatic carbocycles. The minimum absolute atomic E-state index is 0.310. The molecule has 6 nitrogen and oxygen atoms in total. The Labute approximate surface area is 135 Å². The Bertz CT molecular complexity index is 416. The van der Waals surface area contributed by atoms with E-state index in [1.54, 1.807) is 0 Å². The van der Waals surface area contributed by atoms with Crippen LogP contribution >= 0.6 is 11.8 Å². The summed E-state index contributed by atoms with van der Waals surface area (Å²) in [6.45, 7) is 4.04. The van der Waals surface area contributed by atoms with Gasteiger partial charge in [-0.1, -0.05) is 31.5 Å². The van der Waals surface area contributed by atoms with Crippen LogP contribution in [0.2, 0.25) is 0 Å². The van der Waals surface area contributed by atoms with Gasteiger partial charge in [-0.25, -0.2) is 0 Å². The average Bonchev–Trinajstić information content (AvgIpc) is 3.16. The molecular weight excluding hydrogens is 304 g/mol. The van der Waals surface area contributed by atoms with Gasteiger partial charge in [0.15, 0.2) is 5.17 Å². The molecule has 0 saturated carbocycles. The number of rotatable bonds is 4. The van der Waals surface area contributed by atoms with E-state index >= 15 is 0 Å². The molecule has 0 unspecified atom stereocenters. The Kier molecular flexibility index (Phi) is 5.29. The molecule has 3 aliphatic heterocycles. The smallest absolute Gasteiger partial charge is 0.162 e. The van der Waals surface area contributed by atoms with Gasteiger partial charge >= 0.3 is 0 Å². The first-order valence-electron chi connectivity index (χ1n) is 8.31. The molecule has 3 heterocycles. The van der Waals surface area contributed by atoms with Gasteiger partial charge in [0.2, 0.25) is 0 Å². The van der Waals surface area contributed by atoms with Crippen LogP contribution < -0.4 is 0 Å². The van der Waals surface area contributed by atoms with Gasteiger partial charge in [0.05, 0.1) is 6.10 Å². The number of aliphatic hydroxyl groups excluding tert-OH is 3. The normalized spacial score (nSPS) is 39.7. The molecule has 2 saturated heterocycles. The first kappa shape index (κ1) is 16.5. The fourth-order valence-corrected chi connectivity index (χ4v) is 4.60. The first-order chi connectivity index (χ1) is 10.6. The lowest BCUT2D eigenvalue weighted by atomic mass is 9.93. The van der Waals surface area contributed by atoms with E-state index in [-0.39, 0.29) is 5.44 Å². The van der Waals surface area contributed by atoms with Gasteiger partial charge in [-0.3, -0.25) is 4.99 Å². The van der Waals surface area contributed by atoms with E-state index in [1.165, 1.54) is 24.6 Å². The molecule has 126 valence electrons. The lowest BCUT2D eigenvalue weighted by molar-refractivity contribution is -0.185. The predicted molar refractivity (Wildman–Crippen MR) is 85.8 cm³/mol. The maximum absolute atomic E-state index is 10.4. The molecule has 6 atom stereocenters. The van der Waals surface area contributed by atoms with Crippen molar-refractivity contribution in [1.29, 1.82) is 0 Å². The minimum atomic E-state index is -1.09. The summed E-state index contributed by atoms with van der Waals surface area (Å²) >= 11 is 1.51. The van der Waals surface area contributed by atoms with Crippen molar-refractivity contribution in [3.63, 3.8) is 0 Å². The fraction of sp³-hybridized carbons (Fsp3) is 0.933. The van der Waals surface area contributed by atoms with Crippen molar-refractivity contribution in [2.75, 3.05) is 13.1 Å². The highest BCUT2D eigenvalue weighted by molar-refractivity contribution is 8.14. The van der Waals surface area contributed by atoms with Crippen molar-refractivity contribution in [1.82, 2.24) is 4.90 Å². The second-order valence-corrected chi connectivity index (χ2v) is 7.44. The zero-order valence-electron chi connectivity index (χ0n) is 13.0. The fourth-order valence-electron chi connectivity index (χ4n) is 3.33. The molecule has 0 radical (unpaired) electrons. The Morgan fingerprint density at radius 2 is 2.05 bits per heavy atom. The van der Waals surface area contributed by atoms with Crippen LogP contribution in [-0.4, -0.2) is 74.4 Å². The van der Waals surface area contributed by atoms with Crippen LogP contribution in [0.3, 0.4) is 0 Å². The van der Waals surface area contributed by atoms with Gasteiger partial charge in [-0.05, 0) is 19.3 Å². The Morgan fingerprint density at radius 3 is 2.73 bits per heavy atom. The third-order valence-electron chi connectivity index (χ3n) is 4.70. The van der Waals surface area contributed by atoms with Gasteiger partial charge < -0.3 is 25.0 Å². The van der Waals surface area contributed by atoms with Crippen molar-refractivity contribution >= 4 is 16.9 Å². The van der Waals surface area contributed by atoms with Crippen LogP contribution in [0, 0.1) is 0 Å². The zero-order valence-corrected chi connectivity index (χ0v) is 13.8. The van der Waals surface area contributed by atoms with E-state index in [4.69, 9.17) is 4.74 Å². The van der Waals surface area contributed by atoms with Gasteiger partial charge in [-0.15, -0.1) is 0 Å². The van der Waals surface area contributed by atoms with Gasteiger partial charge in [0.25, 0.3) is 0 Å². The Morgan fingerprint density at radius 1 is 1.32 bits per heavy atom. The summed E-state index contributed by atoms with van der Waals surface area (Å²) in [6.07, 6.45) is 1.21. The monoisotopic (exact) mass is 330 g/mol. The van der Waals surface area contributed by atoms with Crippen molar-refractivity contribution in [2.45, 2.75) is 74.9 Å². The van der Waals surface area contributed by atoms with Crippen molar-refractivity contribution in [3.8, 4) is 0 Å². The highest BCUT2D eigenvalue weighted by Crippen LogP contribution is 2.39. The topological polar surface area (TPSA) is 85.5 Å². The third-order valence-corrected chi connectivity index (χ3v) is 5.89. The van der Waals surface area contributed by atoms with Crippen molar-refractivity contribution < 1.29 is 20.1 Å². The zero-order chi connectivity index (χ0) is 15.7. The van der Waals surface area contributed by atoms with E-state index in [0.29, 0.717) is 6.42 Å². The molecule has 3 N–H and O–H groups in total. The summed E-state index contributed by atoms with van der Waals surface area (Å²) in [7, 11) is 0. The molecule has 0 spiro atoms. The number of hydrogen-bond donors (Lipinski definition) is 3. The van der Waals surface area contributed by atoms with E-state index in [0.717, 1.165) is 31.1 Å². The summed E-state index contributed by atoms with van der Waals surface area (Å²) in [5.41, 5.74) is -0.310. The molecule has 3 rings (SSSR count). The standard InChI is InChI=1S/C15H26N2O4S/c1-2-3-6-9(18)13-12(20)11(19)10-14(21-13)22-15(16-10)17-7-4-5-8-17/h9-14,18-20H,2-8H2,1H3/t9-,10+,11+,12-,13+,14+/m0/s1.